The predicted octanol–water partition coefficient (Wildman–Crippen LogP) is 2.51. The van der Waals surface area contributed by atoms with Gasteiger partial charge in [0.05, 0.1) is 6.61 Å². The number of hydrogen-bond acceptors (Lipinski definition) is 3. The first-order valence-electron chi connectivity index (χ1n) is 9.28. The Labute approximate surface area is 174 Å². The van der Waals surface area contributed by atoms with Crippen molar-refractivity contribution in [3.63, 3.8) is 0 Å². The zero-order valence-corrected chi connectivity index (χ0v) is 17.6. The summed E-state index contributed by atoms with van der Waals surface area (Å²) in [6.07, 6.45) is 0.766. The Hall–Kier alpha value is -2.38. The number of amides is 1. The Morgan fingerprint density at radius 3 is 2.50 bits per heavy atom. The van der Waals surface area contributed by atoms with Crippen LogP contribution in [-0.4, -0.2) is 50.3 Å². The second kappa shape index (κ2) is 12.2. The number of aliphatic hydroxyl groups is 1. The fourth-order valence-electron chi connectivity index (χ4n) is 2.68. The van der Waals surface area contributed by atoms with E-state index in [1.54, 1.807) is 19.2 Å². The van der Waals surface area contributed by atoms with Gasteiger partial charge in [0.25, 0.3) is 5.91 Å². The fourth-order valence-corrected chi connectivity index (χ4v) is 3.08. The van der Waals surface area contributed by atoms with Crippen LogP contribution in [0.4, 0.5) is 0 Å². The summed E-state index contributed by atoms with van der Waals surface area (Å²) in [6, 6.07) is 17.2. The molecule has 28 heavy (non-hydrogen) atoms. The summed E-state index contributed by atoms with van der Waals surface area (Å²) >= 11 is 3.37. The second-order valence-corrected chi connectivity index (χ2v) is 7.21. The molecular weight excluding hydrogens is 420 g/mol. The van der Waals surface area contributed by atoms with Crippen molar-refractivity contribution in [1.29, 1.82) is 0 Å². The number of aliphatic imine (C=N–C) groups is 1. The summed E-state index contributed by atoms with van der Waals surface area (Å²) in [4.78, 5) is 16.3. The third-order valence-corrected chi connectivity index (χ3v) is 4.74. The lowest BCUT2D eigenvalue weighted by Gasteiger charge is -2.18. The quantitative estimate of drug-likeness (QED) is 0.270. The number of nitrogens with one attached hydrogen (secondary N) is 3. The molecule has 7 heteroatoms. The van der Waals surface area contributed by atoms with Crippen molar-refractivity contribution >= 4 is 27.8 Å². The van der Waals surface area contributed by atoms with E-state index in [0.29, 0.717) is 31.2 Å². The van der Waals surface area contributed by atoms with E-state index in [2.05, 4.69) is 36.9 Å². The lowest BCUT2D eigenvalue weighted by molar-refractivity contribution is 0.0953. The molecule has 4 N–H and O–H groups in total. The second-order valence-electron chi connectivity index (χ2n) is 6.29. The number of carbonyl (C=O) groups excluding carboxylic acids is 1. The molecule has 2 rings (SSSR count). The average Bonchev–Trinajstić information content (AvgIpc) is 2.73. The van der Waals surface area contributed by atoms with Gasteiger partial charge in [-0.2, -0.15) is 0 Å². The van der Waals surface area contributed by atoms with E-state index >= 15 is 0 Å². The topological polar surface area (TPSA) is 85.8 Å². The van der Waals surface area contributed by atoms with E-state index in [0.717, 1.165) is 16.5 Å². The molecule has 0 saturated heterocycles. The summed E-state index contributed by atoms with van der Waals surface area (Å²) < 4.78 is 0.883. The van der Waals surface area contributed by atoms with Gasteiger partial charge in [-0.05, 0) is 30.2 Å². The van der Waals surface area contributed by atoms with Gasteiger partial charge in [-0.1, -0.05) is 52.3 Å². The van der Waals surface area contributed by atoms with Gasteiger partial charge in [0.2, 0.25) is 0 Å². The number of aliphatic hydroxyl groups excluding tert-OH is 1. The van der Waals surface area contributed by atoms with Crippen LogP contribution in [0.1, 0.15) is 28.3 Å². The molecule has 0 bridgehead atoms. The predicted molar refractivity (Wildman–Crippen MR) is 117 cm³/mol. The summed E-state index contributed by atoms with van der Waals surface area (Å²) in [5.41, 5.74) is 1.72. The number of nitrogens with zero attached hydrogens (tertiary/aromatic N) is 1. The van der Waals surface area contributed by atoms with Crippen molar-refractivity contribution in [2.24, 2.45) is 4.99 Å². The zero-order valence-electron chi connectivity index (χ0n) is 16.0. The van der Waals surface area contributed by atoms with Crippen LogP contribution in [0.3, 0.4) is 0 Å². The van der Waals surface area contributed by atoms with Crippen molar-refractivity contribution < 1.29 is 9.90 Å². The minimum absolute atomic E-state index is 0.00392. The molecule has 1 atom stereocenters. The first-order chi connectivity index (χ1) is 13.6. The van der Waals surface area contributed by atoms with Gasteiger partial charge < -0.3 is 21.1 Å². The van der Waals surface area contributed by atoms with Crippen LogP contribution in [0.25, 0.3) is 0 Å². The summed E-state index contributed by atoms with van der Waals surface area (Å²) in [5.74, 6) is 0.592. The molecule has 0 radical (unpaired) electrons. The lowest BCUT2D eigenvalue weighted by Crippen LogP contribution is -2.41. The molecule has 1 amide bonds. The van der Waals surface area contributed by atoms with Gasteiger partial charge in [-0.25, -0.2) is 0 Å². The molecular formula is C21H27BrN4O2. The van der Waals surface area contributed by atoms with Gasteiger partial charge in [-0.15, -0.1) is 0 Å². The van der Waals surface area contributed by atoms with Crippen LogP contribution in [-0.2, 0) is 0 Å². The highest BCUT2D eigenvalue weighted by atomic mass is 79.9. The molecule has 0 aliphatic rings. The van der Waals surface area contributed by atoms with Crippen LogP contribution >= 0.6 is 15.9 Å². The van der Waals surface area contributed by atoms with Crippen molar-refractivity contribution in [1.82, 2.24) is 16.0 Å². The van der Waals surface area contributed by atoms with E-state index in [9.17, 15) is 9.90 Å². The molecule has 0 aromatic heterocycles. The normalized spacial score (nSPS) is 12.3. The third-order valence-electron chi connectivity index (χ3n) is 4.25. The highest BCUT2D eigenvalue weighted by molar-refractivity contribution is 9.10. The van der Waals surface area contributed by atoms with Gasteiger partial charge in [-0.3, -0.25) is 9.79 Å². The van der Waals surface area contributed by atoms with Crippen molar-refractivity contribution in [3.05, 3.63) is 70.2 Å². The molecule has 0 heterocycles. The van der Waals surface area contributed by atoms with Gasteiger partial charge in [0.1, 0.15) is 0 Å². The number of hydrogen-bond donors (Lipinski definition) is 4. The Kier molecular flexibility index (Phi) is 9.51. The molecule has 150 valence electrons. The first kappa shape index (κ1) is 21.9. The van der Waals surface area contributed by atoms with E-state index in [1.165, 1.54) is 0 Å². The standard InChI is InChI=1S/C21H27BrN4O2/c1-23-21(26-14-18(15-27)16-7-3-2-4-8-16)25-12-6-11-24-20(28)17-9-5-10-19(22)13-17/h2-5,7-10,13,18,27H,6,11-12,14-15H2,1H3,(H,24,28)(H2,23,25,26). The summed E-state index contributed by atoms with van der Waals surface area (Å²) in [7, 11) is 1.71. The van der Waals surface area contributed by atoms with Gasteiger partial charge in [0, 0.05) is 42.6 Å². The van der Waals surface area contributed by atoms with Crippen LogP contribution in [0.5, 0.6) is 0 Å². The van der Waals surface area contributed by atoms with Crippen LogP contribution in [0, 0.1) is 0 Å². The molecule has 0 spiro atoms. The molecule has 0 saturated carbocycles. The monoisotopic (exact) mass is 446 g/mol. The maximum absolute atomic E-state index is 12.1. The first-order valence-corrected chi connectivity index (χ1v) is 10.1. The molecule has 6 nitrogen and oxygen atoms in total. The largest absolute Gasteiger partial charge is 0.396 e. The van der Waals surface area contributed by atoms with E-state index in [-0.39, 0.29) is 18.4 Å². The number of carbonyl (C=O) groups is 1. The Balaban J connectivity index is 1.67. The smallest absolute Gasteiger partial charge is 0.251 e. The SMILES string of the molecule is CN=C(NCCCNC(=O)c1cccc(Br)c1)NCC(CO)c1ccccc1. The molecule has 0 aliphatic carbocycles. The van der Waals surface area contributed by atoms with Gasteiger partial charge >= 0.3 is 0 Å². The minimum atomic E-state index is -0.0857. The number of benzene rings is 2. The fraction of sp³-hybridized carbons (Fsp3) is 0.333. The van der Waals surface area contributed by atoms with Crippen molar-refractivity contribution in [2.75, 3.05) is 33.3 Å². The molecule has 1 unspecified atom stereocenters. The number of rotatable bonds is 9. The maximum atomic E-state index is 12.1. The minimum Gasteiger partial charge on any atom is -0.396 e. The van der Waals surface area contributed by atoms with Crippen LogP contribution in [0.15, 0.2) is 64.1 Å². The number of halogens is 1. The maximum Gasteiger partial charge on any atom is 0.251 e. The molecule has 2 aromatic rings. The molecule has 0 fully saturated rings. The lowest BCUT2D eigenvalue weighted by atomic mass is 10.0. The van der Waals surface area contributed by atoms with Crippen molar-refractivity contribution in [2.45, 2.75) is 12.3 Å². The van der Waals surface area contributed by atoms with E-state index in [1.807, 2.05) is 42.5 Å². The van der Waals surface area contributed by atoms with E-state index < -0.39 is 0 Å². The Morgan fingerprint density at radius 1 is 1.07 bits per heavy atom. The highest BCUT2D eigenvalue weighted by Crippen LogP contribution is 2.13. The Morgan fingerprint density at radius 2 is 1.82 bits per heavy atom. The summed E-state index contributed by atoms with van der Waals surface area (Å²) in [5, 5.41) is 19.0. The highest BCUT2D eigenvalue weighted by Gasteiger charge is 2.10. The van der Waals surface area contributed by atoms with Gasteiger partial charge in [0.15, 0.2) is 5.96 Å². The zero-order chi connectivity index (χ0) is 20.2. The van der Waals surface area contributed by atoms with E-state index in [4.69, 9.17) is 0 Å². The van der Waals surface area contributed by atoms with Crippen molar-refractivity contribution in [3.8, 4) is 0 Å². The number of guanidine groups is 1. The summed E-state index contributed by atoms with van der Waals surface area (Å²) in [6.45, 7) is 1.89. The molecule has 2 aromatic carbocycles. The Bertz CT molecular complexity index is 768. The van der Waals surface area contributed by atoms with Crippen LogP contribution < -0.4 is 16.0 Å². The average molecular weight is 447 g/mol. The third kappa shape index (κ3) is 7.32. The molecule has 0 aliphatic heterocycles. The van der Waals surface area contributed by atoms with Crippen LogP contribution in [0.2, 0.25) is 0 Å².